The summed E-state index contributed by atoms with van der Waals surface area (Å²) in [7, 11) is 0. The molecule has 0 spiro atoms. The van der Waals surface area contributed by atoms with Gasteiger partial charge in [0.1, 0.15) is 0 Å². The minimum atomic E-state index is -0.269. The smallest absolute Gasteiger partial charge is 0.0711 e. The minimum absolute atomic E-state index is 0.264. The number of β-amino-alcohol motifs (C(OH)–C–C–N with tert-alkyl or cyclic N) is 1. The Morgan fingerprint density at radius 1 is 1.33 bits per heavy atom. The molecule has 3 heterocycles. The van der Waals surface area contributed by atoms with Crippen LogP contribution in [0, 0.1) is 18.8 Å². The van der Waals surface area contributed by atoms with Crippen molar-refractivity contribution in [3.63, 3.8) is 0 Å². The molecule has 6 nitrogen and oxygen atoms in total. The van der Waals surface area contributed by atoms with Crippen molar-refractivity contribution in [2.45, 2.75) is 19.4 Å². The average Bonchev–Trinajstić information content (AvgIpc) is 2.89. The highest BCUT2D eigenvalue weighted by Crippen LogP contribution is 2.22. The third-order valence-electron chi connectivity index (χ3n) is 4.31. The molecule has 1 aromatic rings. The second-order valence-corrected chi connectivity index (χ2v) is 6.31. The molecule has 2 aliphatic rings. The summed E-state index contributed by atoms with van der Waals surface area (Å²) >= 11 is 0. The Labute approximate surface area is 125 Å². The van der Waals surface area contributed by atoms with Crippen LogP contribution >= 0.6 is 0 Å². The van der Waals surface area contributed by atoms with Crippen molar-refractivity contribution in [1.29, 1.82) is 0 Å². The Bertz CT molecular complexity index is 443. The van der Waals surface area contributed by atoms with E-state index in [1.165, 1.54) is 0 Å². The number of aliphatic hydroxyl groups is 1. The molecule has 6 heteroatoms. The van der Waals surface area contributed by atoms with Crippen molar-refractivity contribution in [3.05, 3.63) is 17.5 Å². The van der Waals surface area contributed by atoms with E-state index in [1.807, 2.05) is 6.92 Å². The third-order valence-corrected chi connectivity index (χ3v) is 4.31. The first-order valence-electron chi connectivity index (χ1n) is 7.77. The van der Waals surface area contributed by atoms with Crippen molar-refractivity contribution < 1.29 is 14.6 Å². The zero-order valence-electron chi connectivity index (χ0n) is 12.6. The molecule has 2 fully saturated rings. The number of ether oxygens (including phenoxy) is 2. The van der Waals surface area contributed by atoms with Gasteiger partial charge in [-0.1, -0.05) is 0 Å². The zero-order chi connectivity index (χ0) is 14.7. The van der Waals surface area contributed by atoms with Gasteiger partial charge in [0.05, 0.1) is 38.2 Å². The summed E-state index contributed by atoms with van der Waals surface area (Å²) in [6, 6.07) is 2.06. The SMILES string of the molecule is Cc1cc(C[C@@H]2CN(CC3COCCOC3)C[C@@H]2O)n[nH]1. The van der Waals surface area contributed by atoms with Crippen molar-refractivity contribution in [3.8, 4) is 0 Å². The summed E-state index contributed by atoms with van der Waals surface area (Å²) in [5.74, 6) is 0.673. The van der Waals surface area contributed by atoms with Crippen molar-refractivity contribution in [2.24, 2.45) is 11.8 Å². The molecule has 2 aliphatic heterocycles. The number of likely N-dealkylation sites (tertiary alicyclic amines) is 1. The molecule has 2 atom stereocenters. The van der Waals surface area contributed by atoms with E-state index in [2.05, 4.69) is 21.2 Å². The highest BCUT2D eigenvalue weighted by molar-refractivity contribution is 5.08. The van der Waals surface area contributed by atoms with E-state index >= 15 is 0 Å². The number of nitrogens with zero attached hydrogens (tertiary/aromatic N) is 2. The summed E-state index contributed by atoms with van der Waals surface area (Å²) in [6.45, 7) is 7.51. The summed E-state index contributed by atoms with van der Waals surface area (Å²) in [5, 5.41) is 17.5. The zero-order valence-corrected chi connectivity index (χ0v) is 12.6. The Balaban J connectivity index is 1.50. The first-order chi connectivity index (χ1) is 10.2. The van der Waals surface area contributed by atoms with Crippen LogP contribution in [0.4, 0.5) is 0 Å². The van der Waals surface area contributed by atoms with E-state index in [1.54, 1.807) is 0 Å². The van der Waals surface area contributed by atoms with Crippen LogP contribution in [0.3, 0.4) is 0 Å². The van der Waals surface area contributed by atoms with Gasteiger partial charge in [-0.3, -0.25) is 10.00 Å². The van der Waals surface area contributed by atoms with Gasteiger partial charge < -0.3 is 14.6 Å². The molecule has 1 aromatic heterocycles. The standard InChI is InChI=1S/C15H25N3O3/c1-11-4-14(17-16-11)5-13-7-18(8-15(13)19)6-12-9-20-2-3-21-10-12/h4,12-13,15,19H,2-3,5-10H2,1H3,(H,16,17)/t13-,15+/m1/s1. The quantitative estimate of drug-likeness (QED) is 0.831. The molecule has 2 saturated heterocycles. The third kappa shape index (κ3) is 4.03. The molecule has 2 N–H and O–H groups in total. The second kappa shape index (κ2) is 6.87. The van der Waals surface area contributed by atoms with Crippen LogP contribution in [0.25, 0.3) is 0 Å². The van der Waals surface area contributed by atoms with Crippen molar-refractivity contribution in [2.75, 3.05) is 46.1 Å². The van der Waals surface area contributed by atoms with Gasteiger partial charge >= 0.3 is 0 Å². The molecule has 0 aromatic carbocycles. The van der Waals surface area contributed by atoms with Gasteiger partial charge in [0.25, 0.3) is 0 Å². The lowest BCUT2D eigenvalue weighted by molar-refractivity contribution is 0.103. The van der Waals surface area contributed by atoms with Crippen LogP contribution in [-0.2, 0) is 15.9 Å². The van der Waals surface area contributed by atoms with Crippen molar-refractivity contribution in [1.82, 2.24) is 15.1 Å². The van der Waals surface area contributed by atoms with E-state index in [0.29, 0.717) is 19.1 Å². The van der Waals surface area contributed by atoms with Crippen LogP contribution in [0.15, 0.2) is 6.07 Å². The topological polar surface area (TPSA) is 70.6 Å². The number of rotatable bonds is 4. The lowest BCUT2D eigenvalue weighted by Gasteiger charge is -2.21. The summed E-state index contributed by atoms with van der Waals surface area (Å²) in [6.07, 6.45) is 0.564. The number of aryl methyl sites for hydroxylation is 1. The van der Waals surface area contributed by atoms with E-state index in [9.17, 15) is 5.11 Å². The summed E-state index contributed by atoms with van der Waals surface area (Å²) in [5.41, 5.74) is 2.11. The van der Waals surface area contributed by atoms with Gasteiger partial charge in [0.15, 0.2) is 0 Å². The molecule has 3 rings (SSSR count). The van der Waals surface area contributed by atoms with Gasteiger partial charge in [-0.25, -0.2) is 0 Å². The molecular weight excluding hydrogens is 270 g/mol. The van der Waals surface area contributed by atoms with Gasteiger partial charge in [-0.2, -0.15) is 5.10 Å². The van der Waals surface area contributed by atoms with E-state index < -0.39 is 0 Å². The predicted octanol–water partition coefficient (Wildman–Crippen LogP) is 0.216. The average molecular weight is 295 g/mol. The molecule has 0 radical (unpaired) electrons. The number of hydrogen-bond acceptors (Lipinski definition) is 5. The first kappa shape index (κ1) is 15.0. The maximum atomic E-state index is 10.3. The number of nitrogens with one attached hydrogen (secondary N) is 1. The van der Waals surface area contributed by atoms with Crippen LogP contribution in [0.5, 0.6) is 0 Å². The fourth-order valence-corrected chi connectivity index (χ4v) is 3.28. The monoisotopic (exact) mass is 295 g/mol. The van der Waals surface area contributed by atoms with E-state index in [0.717, 1.165) is 50.7 Å². The molecule has 0 amide bonds. The Hall–Kier alpha value is -0.950. The predicted molar refractivity (Wildman–Crippen MR) is 78.1 cm³/mol. The summed E-state index contributed by atoms with van der Waals surface area (Å²) < 4.78 is 11.1. The van der Waals surface area contributed by atoms with Gasteiger partial charge in [-0.05, 0) is 19.4 Å². The lowest BCUT2D eigenvalue weighted by atomic mass is 10.00. The van der Waals surface area contributed by atoms with E-state index in [4.69, 9.17) is 9.47 Å². The van der Waals surface area contributed by atoms with E-state index in [-0.39, 0.29) is 12.0 Å². The van der Waals surface area contributed by atoms with Gasteiger partial charge in [-0.15, -0.1) is 0 Å². The maximum absolute atomic E-state index is 10.3. The van der Waals surface area contributed by atoms with Crippen LogP contribution in [-0.4, -0.2) is 72.4 Å². The fraction of sp³-hybridized carbons (Fsp3) is 0.800. The Morgan fingerprint density at radius 2 is 2.10 bits per heavy atom. The molecule has 118 valence electrons. The largest absolute Gasteiger partial charge is 0.391 e. The van der Waals surface area contributed by atoms with Crippen LogP contribution < -0.4 is 0 Å². The number of aromatic amines is 1. The van der Waals surface area contributed by atoms with Gasteiger partial charge in [0, 0.05) is 37.2 Å². The summed E-state index contributed by atoms with van der Waals surface area (Å²) in [4.78, 5) is 2.33. The molecular formula is C15H25N3O3. The lowest BCUT2D eigenvalue weighted by Crippen LogP contribution is -2.32. The maximum Gasteiger partial charge on any atom is 0.0711 e. The highest BCUT2D eigenvalue weighted by Gasteiger charge is 2.33. The second-order valence-electron chi connectivity index (χ2n) is 6.31. The fourth-order valence-electron chi connectivity index (χ4n) is 3.28. The molecule has 0 bridgehead atoms. The molecule has 0 aliphatic carbocycles. The number of aromatic nitrogens is 2. The molecule has 0 unspecified atom stereocenters. The highest BCUT2D eigenvalue weighted by atomic mass is 16.5. The molecule has 0 saturated carbocycles. The number of hydrogen-bond donors (Lipinski definition) is 2. The van der Waals surface area contributed by atoms with Gasteiger partial charge in [0.2, 0.25) is 0 Å². The van der Waals surface area contributed by atoms with Crippen molar-refractivity contribution >= 4 is 0 Å². The first-order valence-corrected chi connectivity index (χ1v) is 7.77. The Morgan fingerprint density at radius 3 is 2.76 bits per heavy atom. The Kier molecular flexibility index (Phi) is 4.90. The normalized spacial score (nSPS) is 28.9. The molecule has 21 heavy (non-hydrogen) atoms. The van der Waals surface area contributed by atoms with Crippen LogP contribution in [0.2, 0.25) is 0 Å². The number of H-pyrrole nitrogens is 1. The number of aliphatic hydroxyl groups excluding tert-OH is 1. The minimum Gasteiger partial charge on any atom is -0.391 e. The van der Waals surface area contributed by atoms with Crippen LogP contribution in [0.1, 0.15) is 11.4 Å².